The monoisotopic (exact) mass is 396 g/mol. The number of carboxylic acids is 1. The van der Waals surface area contributed by atoms with Gasteiger partial charge in [0.1, 0.15) is 10.6 Å². The Hall–Kier alpha value is -2.49. The maximum Gasteiger partial charge on any atom is 0.325 e. The second-order valence-corrected chi connectivity index (χ2v) is 8.07. The number of sulfonamides is 1. The van der Waals surface area contributed by atoms with Gasteiger partial charge in [0.15, 0.2) is 0 Å². The topological polar surface area (TPSA) is 127 Å². The molecule has 10 heteroatoms. The average Bonchev–Trinajstić information content (AvgIpc) is 2.93. The van der Waals surface area contributed by atoms with Crippen LogP contribution in [0.3, 0.4) is 0 Å². The zero-order chi connectivity index (χ0) is 19.1. The zero-order valence-corrected chi connectivity index (χ0v) is 14.7. The molecule has 2 aromatic carbocycles. The van der Waals surface area contributed by atoms with Crippen LogP contribution in [0.25, 0.3) is 0 Å². The first-order valence-corrected chi connectivity index (χ1v) is 9.29. The zero-order valence-electron chi connectivity index (χ0n) is 13.2. The van der Waals surface area contributed by atoms with Gasteiger partial charge in [0.25, 0.3) is 5.69 Å². The van der Waals surface area contributed by atoms with E-state index in [0.29, 0.717) is 0 Å². The number of nitrogens with zero attached hydrogens (tertiary/aromatic N) is 1. The number of nitro groups is 1. The molecule has 136 valence electrons. The van der Waals surface area contributed by atoms with Gasteiger partial charge in [-0.25, -0.2) is 8.42 Å². The van der Waals surface area contributed by atoms with E-state index < -0.39 is 37.0 Å². The molecule has 0 unspecified atom stereocenters. The third-order valence-electron chi connectivity index (χ3n) is 4.27. The van der Waals surface area contributed by atoms with Crippen LogP contribution in [0.5, 0.6) is 0 Å². The van der Waals surface area contributed by atoms with Gasteiger partial charge in [0.2, 0.25) is 10.0 Å². The van der Waals surface area contributed by atoms with Gasteiger partial charge in [0.05, 0.1) is 9.82 Å². The van der Waals surface area contributed by atoms with Crippen molar-refractivity contribution in [3.63, 3.8) is 0 Å². The highest BCUT2D eigenvalue weighted by atomic mass is 35.5. The minimum Gasteiger partial charge on any atom is -0.480 e. The molecule has 0 amide bonds. The molecule has 8 nitrogen and oxygen atoms in total. The van der Waals surface area contributed by atoms with Crippen molar-refractivity contribution in [1.29, 1.82) is 0 Å². The van der Waals surface area contributed by atoms with E-state index in [9.17, 15) is 28.4 Å². The molecule has 0 spiro atoms. The molecular formula is C16H13ClN2O6S. The van der Waals surface area contributed by atoms with E-state index in [1.165, 1.54) is 0 Å². The number of rotatable bonds is 5. The first-order valence-electron chi connectivity index (χ1n) is 7.43. The first-order chi connectivity index (χ1) is 12.1. The number of hydrogen-bond acceptors (Lipinski definition) is 5. The molecule has 1 aliphatic carbocycles. The van der Waals surface area contributed by atoms with Gasteiger partial charge in [-0.2, -0.15) is 4.72 Å². The maximum atomic E-state index is 12.7. The molecule has 0 saturated heterocycles. The summed E-state index contributed by atoms with van der Waals surface area (Å²) in [7, 11) is -4.33. The van der Waals surface area contributed by atoms with Crippen LogP contribution in [0.4, 0.5) is 5.69 Å². The Balaban J connectivity index is 2.00. The maximum absolute atomic E-state index is 12.7. The SMILES string of the molecule is O=C(O)C1(NS(=O)(=O)c2ccc(Cl)c([N+](=O)[O-])c2)Cc2ccccc2C1. The molecule has 0 aliphatic heterocycles. The summed E-state index contributed by atoms with van der Waals surface area (Å²) in [5, 5.41) is 20.4. The van der Waals surface area contributed by atoms with Crippen LogP contribution in [0.1, 0.15) is 11.1 Å². The summed E-state index contributed by atoms with van der Waals surface area (Å²) >= 11 is 5.70. The van der Waals surface area contributed by atoms with Crippen molar-refractivity contribution in [3.8, 4) is 0 Å². The highest BCUT2D eigenvalue weighted by Gasteiger charge is 2.47. The van der Waals surface area contributed by atoms with E-state index in [-0.39, 0.29) is 17.9 Å². The summed E-state index contributed by atoms with van der Waals surface area (Å²) in [5.74, 6) is -1.32. The second kappa shape index (κ2) is 6.35. The fraction of sp³-hybridized carbons (Fsp3) is 0.188. The number of nitrogens with one attached hydrogen (secondary N) is 1. The number of halogens is 1. The Labute approximate surface area is 153 Å². The Kier molecular flexibility index (Phi) is 4.47. The average molecular weight is 397 g/mol. The van der Waals surface area contributed by atoms with Crippen molar-refractivity contribution in [2.45, 2.75) is 23.3 Å². The molecule has 0 heterocycles. The van der Waals surface area contributed by atoms with Crippen LogP contribution >= 0.6 is 11.6 Å². The number of aliphatic carboxylic acids is 1. The van der Waals surface area contributed by atoms with Gasteiger partial charge < -0.3 is 5.11 Å². The largest absolute Gasteiger partial charge is 0.480 e. The normalized spacial score (nSPS) is 15.4. The minimum absolute atomic E-state index is 0.0204. The van der Waals surface area contributed by atoms with Crippen LogP contribution in [0, 0.1) is 10.1 Å². The number of nitro benzene ring substituents is 1. The standard InChI is InChI=1S/C16H13ClN2O6S/c17-13-6-5-12(7-14(13)19(22)23)26(24,25)18-16(15(20)21)8-10-3-1-2-4-11(10)9-16/h1-7,18H,8-9H2,(H,20,21). The predicted octanol–water partition coefficient (Wildman–Crippen LogP) is 2.15. The molecule has 3 rings (SSSR count). The molecule has 2 aromatic rings. The van der Waals surface area contributed by atoms with Crippen molar-refractivity contribution in [1.82, 2.24) is 4.72 Å². The smallest absolute Gasteiger partial charge is 0.325 e. The molecule has 0 atom stereocenters. The van der Waals surface area contributed by atoms with Crippen LogP contribution in [0.15, 0.2) is 47.4 Å². The lowest BCUT2D eigenvalue weighted by atomic mass is 9.98. The summed E-state index contributed by atoms with van der Waals surface area (Å²) in [6.07, 6.45) is -0.0408. The van der Waals surface area contributed by atoms with Crippen LogP contribution in [-0.4, -0.2) is 30.0 Å². The number of fused-ring (bicyclic) bond motifs is 1. The fourth-order valence-corrected chi connectivity index (χ4v) is 4.56. The molecular weight excluding hydrogens is 384 g/mol. The fourth-order valence-electron chi connectivity index (χ4n) is 3.00. The van der Waals surface area contributed by atoms with Crippen molar-refractivity contribution < 1.29 is 23.2 Å². The van der Waals surface area contributed by atoms with Crippen LogP contribution in [-0.2, 0) is 27.7 Å². The van der Waals surface area contributed by atoms with E-state index in [1.54, 1.807) is 24.3 Å². The lowest BCUT2D eigenvalue weighted by molar-refractivity contribution is -0.384. The molecule has 0 fully saturated rings. The third kappa shape index (κ3) is 3.16. The highest BCUT2D eigenvalue weighted by Crippen LogP contribution is 2.33. The van der Waals surface area contributed by atoms with Crippen LogP contribution < -0.4 is 4.72 Å². The summed E-state index contributed by atoms with van der Waals surface area (Å²) in [4.78, 5) is 21.6. The lowest BCUT2D eigenvalue weighted by Gasteiger charge is -2.25. The van der Waals surface area contributed by atoms with Gasteiger partial charge in [-0.05, 0) is 23.3 Å². The summed E-state index contributed by atoms with van der Waals surface area (Å²) in [5.41, 5.74) is -0.857. The van der Waals surface area contributed by atoms with E-state index >= 15 is 0 Å². The van der Waals surface area contributed by atoms with Gasteiger partial charge in [-0.1, -0.05) is 35.9 Å². The predicted molar refractivity (Wildman–Crippen MR) is 92.6 cm³/mol. The first kappa shape index (κ1) is 18.3. The van der Waals surface area contributed by atoms with Gasteiger partial charge in [-0.15, -0.1) is 0 Å². The molecule has 0 bridgehead atoms. The molecule has 0 radical (unpaired) electrons. The third-order valence-corrected chi connectivity index (χ3v) is 6.12. The second-order valence-electron chi connectivity index (χ2n) is 5.99. The highest BCUT2D eigenvalue weighted by molar-refractivity contribution is 7.89. The van der Waals surface area contributed by atoms with Crippen molar-refractivity contribution >= 4 is 33.3 Å². The van der Waals surface area contributed by atoms with Gasteiger partial charge >= 0.3 is 5.97 Å². The van der Waals surface area contributed by atoms with E-state index in [2.05, 4.69) is 4.72 Å². The van der Waals surface area contributed by atoms with Crippen LogP contribution in [0.2, 0.25) is 5.02 Å². The summed E-state index contributed by atoms with van der Waals surface area (Å²) in [6, 6.07) is 9.95. The molecule has 26 heavy (non-hydrogen) atoms. The van der Waals surface area contributed by atoms with Crippen molar-refractivity contribution in [2.75, 3.05) is 0 Å². The summed E-state index contributed by atoms with van der Waals surface area (Å²) in [6.45, 7) is 0. The Morgan fingerprint density at radius 3 is 2.27 bits per heavy atom. The number of hydrogen-bond donors (Lipinski definition) is 2. The molecule has 0 aromatic heterocycles. The van der Waals surface area contributed by atoms with E-state index in [1.807, 2.05) is 0 Å². The van der Waals surface area contributed by atoms with Gasteiger partial charge in [-0.3, -0.25) is 14.9 Å². The Bertz CT molecular complexity index is 996. The van der Waals surface area contributed by atoms with Crippen molar-refractivity contribution in [3.05, 3.63) is 68.7 Å². The lowest BCUT2D eigenvalue weighted by Crippen LogP contribution is -2.55. The molecule has 1 aliphatic rings. The van der Waals surface area contributed by atoms with Crippen molar-refractivity contribution in [2.24, 2.45) is 0 Å². The number of benzene rings is 2. The molecule has 2 N–H and O–H groups in total. The molecule has 0 saturated carbocycles. The Morgan fingerprint density at radius 1 is 1.19 bits per heavy atom. The van der Waals surface area contributed by atoms with Gasteiger partial charge in [0, 0.05) is 18.9 Å². The quantitative estimate of drug-likeness (QED) is 0.589. The minimum atomic E-state index is -4.33. The number of carboxylic acid groups (broad SMARTS) is 1. The Morgan fingerprint density at radius 2 is 1.77 bits per heavy atom. The van der Waals surface area contributed by atoms with E-state index in [4.69, 9.17) is 11.6 Å². The van der Waals surface area contributed by atoms with E-state index in [0.717, 1.165) is 29.3 Å². The summed E-state index contributed by atoms with van der Waals surface area (Å²) < 4.78 is 27.6. The number of carbonyl (C=O) groups is 1.